The molecule has 0 fully saturated rings. The Morgan fingerprint density at radius 1 is 1.14 bits per heavy atom. The van der Waals surface area contributed by atoms with Gasteiger partial charge in [-0.1, -0.05) is 37.6 Å². The zero-order chi connectivity index (χ0) is 20.3. The van der Waals surface area contributed by atoms with Gasteiger partial charge in [0.15, 0.2) is 0 Å². The van der Waals surface area contributed by atoms with Gasteiger partial charge in [-0.25, -0.2) is 4.98 Å². The molecule has 2 aromatic carbocycles. The van der Waals surface area contributed by atoms with Crippen molar-refractivity contribution in [2.24, 2.45) is 0 Å². The first-order valence-corrected chi connectivity index (χ1v) is 9.03. The Bertz CT molecular complexity index is 1010. The Hall–Kier alpha value is -3.19. The minimum absolute atomic E-state index is 0.0409. The first-order chi connectivity index (χ1) is 13.3. The molecule has 3 rings (SSSR count). The summed E-state index contributed by atoms with van der Waals surface area (Å²) in [7, 11) is 0. The zero-order valence-electron chi connectivity index (χ0n) is 15.6. The summed E-state index contributed by atoms with van der Waals surface area (Å²) in [6.07, 6.45) is 1.22. The molecular formula is C20H19ClN4O3. The molecule has 0 unspecified atom stereocenters. The van der Waals surface area contributed by atoms with Crippen LogP contribution in [0.4, 0.5) is 17.2 Å². The standard InChI is InChI=1S/C20H19ClN4O3/c1-12(2)14-4-7-16(8-5-14)28-20-18(25(26)27)19(22-11-23-20)24-17-9-6-15(21)10-13(17)3/h4-12H,1-3H3,(H,22,23,24). The molecule has 0 amide bonds. The van der Waals surface area contributed by atoms with Gasteiger partial charge in [0.2, 0.25) is 5.82 Å². The predicted molar refractivity (Wildman–Crippen MR) is 109 cm³/mol. The lowest BCUT2D eigenvalue weighted by molar-refractivity contribution is -0.385. The van der Waals surface area contributed by atoms with Crippen LogP contribution in [0.25, 0.3) is 0 Å². The number of nitro groups is 1. The van der Waals surface area contributed by atoms with Gasteiger partial charge in [0.1, 0.15) is 12.1 Å². The van der Waals surface area contributed by atoms with Crippen LogP contribution in [0.15, 0.2) is 48.8 Å². The summed E-state index contributed by atoms with van der Waals surface area (Å²) >= 11 is 5.97. The van der Waals surface area contributed by atoms with E-state index >= 15 is 0 Å². The smallest absolute Gasteiger partial charge is 0.373 e. The molecule has 0 saturated carbocycles. The molecule has 28 heavy (non-hydrogen) atoms. The molecule has 7 nitrogen and oxygen atoms in total. The Morgan fingerprint density at radius 3 is 2.46 bits per heavy atom. The second-order valence-electron chi connectivity index (χ2n) is 6.54. The topological polar surface area (TPSA) is 90.2 Å². The molecule has 0 aliphatic heterocycles. The van der Waals surface area contributed by atoms with E-state index in [0.717, 1.165) is 11.1 Å². The molecule has 8 heteroatoms. The highest BCUT2D eigenvalue weighted by molar-refractivity contribution is 6.30. The summed E-state index contributed by atoms with van der Waals surface area (Å²) in [5.74, 6) is 0.742. The average Bonchev–Trinajstić information content (AvgIpc) is 2.64. The van der Waals surface area contributed by atoms with Crippen LogP contribution in [0, 0.1) is 17.0 Å². The lowest BCUT2D eigenvalue weighted by Crippen LogP contribution is -2.04. The number of aryl methyl sites for hydroxylation is 1. The van der Waals surface area contributed by atoms with Gasteiger partial charge in [-0.15, -0.1) is 0 Å². The van der Waals surface area contributed by atoms with E-state index in [9.17, 15) is 10.1 Å². The van der Waals surface area contributed by atoms with Crippen LogP contribution in [0.1, 0.15) is 30.9 Å². The molecule has 0 atom stereocenters. The third-order valence-corrected chi connectivity index (χ3v) is 4.41. The van der Waals surface area contributed by atoms with Crippen molar-refractivity contribution in [3.8, 4) is 11.6 Å². The second kappa shape index (κ2) is 8.22. The summed E-state index contributed by atoms with van der Waals surface area (Å²) in [5, 5.41) is 15.2. The molecule has 3 aromatic rings. The minimum Gasteiger partial charge on any atom is -0.434 e. The van der Waals surface area contributed by atoms with Gasteiger partial charge in [0.25, 0.3) is 0 Å². The van der Waals surface area contributed by atoms with Crippen LogP contribution >= 0.6 is 11.6 Å². The molecule has 0 bridgehead atoms. The van der Waals surface area contributed by atoms with Crippen LogP contribution < -0.4 is 10.1 Å². The molecule has 1 N–H and O–H groups in total. The second-order valence-corrected chi connectivity index (χ2v) is 6.98. The maximum absolute atomic E-state index is 11.7. The third kappa shape index (κ3) is 4.37. The van der Waals surface area contributed by atoms with Crippen LogP contribution in [0.5, 0.6) is 11.6 Å². The molecule has 144 valence electrons. The van der Waals surface area contributed by atoms with E-state index in [0.29, 0.717) is 22.4 Å². The largest absolute Gasteiger partial charge is 0.434 e. The van der Waals surface area contributed by atoms with Crippen molar-refractivity contribution in [3.63, 3.8) is 0 Å². The lowest BCUT2D eigenvalue weighted by Gasteiger charge is -2.12. The van der Waals surface area contributed by atoms with Crippen molar-refractivity contribution in [2.45, 2.75) is 26.7 Å². The maximum Gasteiger partial charge on any atom is 0.373 e. The predicted octanol–water partition coefficient (Wildman–Crippen LogP) is 6.01. The summed E-state index contributed by atoms with van der Waals surface area (Å²) in [6.45, 7) is 6.01. The van der Waals surface area contributed by atoms with Crippen LogP contribution in [-0.2, 0) is 0 Å². The Labute approximate surface area is 167 Å². The van der Waals surface area contributed by atoms with E-state index in [1.807, 2.05) is 19.1 Å². The molecular weight excluding hydrogens is 380 g/mol. The average molecular weight is 399 g/mol. The monoisotopic (exact) mass is 398 g/mol. The minimum atomic E-state index is -0.564. The van der Waals surface area contributed by atoms with Crippen LogP contribution in [-0.4, -0.2) is 14.9 Å². The van der Waals surface area contributed by atoms with Crippen LogP contribution in [0.2, 0.25) is 5.02 Å². The fourth-order valence-corrected chi connectivity index (χ4v) is 2.85. The van der Waals surface area contributed by atoms with Crippen molar-refractivity contribution >= 4 is 28.8 Å². The summed E-state index contributed by atoms with van der Waals surface area (Å²) < 4.78 is 5.68. The van der Waals surface area contributed by atoms with Crippen molar-refractivity contribution < 1.29 is 9.66 Å². The number of ether oxygens (including phenoxy) is 1. The number of nitrogens with one attached hydrogen (secondary N) is 1. The van der Waals surface area contributed by atoms with Crippen molar-refractivity contribution in [3.05, 3.63) is 75.1 Å². The van der Waals surface area contributed by atoms with E-state index < -0.39 is 4.92 Å². The number of halogens is 1. The van der Waals surface area contributed by atoms with Gasteiger partial charge in [-0.05, 0) is 54.3 Å². The van der Waals surface area contributed by atoms with E-state index in [4.69, 9.17) is 16.3 Å². The molecule has 1 heterocycles. The molecule has 0 aliphatic carbocycles. The van der Waals surface area contributed by atoms with Crippen molar-refractivity contribution in [2.75, 3.05) is 5.32 Å². The van der Waals surface area contributed by atoms with Gasteiger partial charge in [0, 0.05) is 10.7 Å². The number of aromatic nitrogens is 2. The molecule has 0 aliphatic rings. The van der Waals surface area contributed by atoms with E-state index in [1.165, 1.54) is 6.33 Å². The van der Waals surface area contributed by atoms with Gasteiger partial charge < -0.3 is 10.1 Å². The molecule has 0 saturated heterocycles. The Balaban J connectivity index is 1.94. The number of rotatable bonds is 6. The summed E-state index contributed by atoms with van der Waals surface area (Å²) in [4.78, 5) is 19.1. The fourth-order valence-electron chi connectivity index (χ4n) is 2.62. The number of anilines is 2. The lowest BCUT2D eigenvalue weighted by atomic mass is 10.0. The van der Waals surface area contributed by atoms with Gasteiger partial charge in [-0.3, -0.25) is 10.1 Å². The molecule has 0 radical (unpaired) electrons. The molecule has 1 aromatic heterocycles. The first kappa shape index (κ1) is 19.6. The highest BCUT2D eigenvalue weighted by Crippen LogP contribution is 2.36. The number of hydrogen-bond donors (Lipinski definition) is 1. The van der Waals surface area contributed by atoms with E-state index in [1.54, 1.807) is 30.3 Å². The van der Waals surface area contributed by atoms with Crippen molar-refractivity contribution in [1.82, 2.24) is 9.97 Å². The SMILES string of the molecule is Cc1cc(Cl)ccc1Nc1ncnc(Oc2ccc(C(C)C)cc2)c1[N+](=O)[O-]. The van der Waals surface area contributed by atoms with E-state index in [2.05, 4.69) is 29.1 Å². The normalized spacial score (nSPS) is 10.8. The highest BCUT2D eigenvalue weighted by atomic mass is 35.5. The summed E-state index contributed by atoms with van der Waals surface area (Å²) in [6, 6.07) is 12.5. The Morgan fingerprint density at radius 2 is 1.86 bits per heavy atom. The Kier molecular flexibility index (Phi) is 5.75. The quantitative estimate of drug-likeness (QED) is 0.404. The summed E-state index contributed by atoms with van der Waals surface area (Å²) in [5.41, 5.74) is 2.28. The van der Waals surface area contributed by atoms with Crippen LogP contribution in [0.3, 0.4) is 0 Å². The number of hydrogen-bond acceptors (Lipinski definition) is 6. The highest BCUT2D eigenvalue weighted by Gasteiger charge is 2.25. The van der Waals surface area contributed by atoms with Gasteiger partial charge in [-0.2, -0.15) is 4.98 Å². The first-order valence-electron chi connectivity index (χ1n) is 8.65. The third-order valence-electron chi connectivity index (χ3n) is 4.17. The van der Waals surface area contributed by atoms with Crippen molar-refractivity contribution in [1.29, 1.82) is 0 Å². The van der Waals surface area contributed by atoms with Gasteiger partial charge >= 0.3 is 11.6 Å². The zero-order valence-corrected chi connectivity index (χ0v) is 16.4. The maximum atomic E-state index is 11.7. The molecule has 0 spiro atoms. The number of nitrogens with zero attached hydrogens (tertiary/aromatic N) is 3. The van der Waals surface area contributed by atoms with E-state index in [-0.39, 0.29) is 17.4 Å². The fraction of sp³-hybridized carbons (Fsp3) is 0.200. The van der Waals surface area contributed by atoms with Gasteiger partial charge in [0.05, 0.1) is 4.92 Å². The number of benzene rings is 2.